The highest BCUT2D eigenvalue weighted by Gasteiger charge is 2.33. The van der Waals surface area contributed by atoms with E-state index in [9.17, 15) is 19.5 Å². The Balaban J connectivity index is 1.98. The maximum atomic E-state index is 13.9. The van der Waals surface area contributed by atoms with E-state index in [2.05, 4.69) is 0 Å². The summed E-state index contributed by atoms with van der Waals surface area (Å²) in [5.74, 6) is -0.647. The first-order valence-electron chi connectivity index (χ1n) is 13.7. The van der Waals surface area contributed by atoms with E-state index in [4.69, 9.17) is 25.8 Å². The van der Waals surface area contributed by atoms with Crippen LogP contribution in [0.5, 0.6) is 11.5 Å². The second-order valence-corrected chi connectivity index (χ2v) is 11.9. The second-order valence-electron chi connectivity index (χ2n) is 11.4. The standard InChI is InChI=1S/C31H41ClN2O7/c1-31(2,3)19-34(27(36)12-11-26(35)33-15-13-20(14-16-33)30(37)38)28-23(17-21(32)18-25(28)40-5)29(41-6)22-9-7-8-10-24(22)39-4/h7-10,17-18,20,29H,11-16,19H2,1-6H3,(H,37,38). The lowest BCUT2D eigenvalue weighted by Crippen LogP contribution is -2.42. The summed E-state index contributed by atoms with van der Waals surface area (Å²) >= 11 is 6.54. The molecule has 2 aromatic carbocycles. The molecule has 1 heterocycles. The number of rotatable bonds is 11. The van der Waals surface area contributed by atoms with Crippen LogP contribution < -0.4 is 14.4 Å². The maximum Gasteiger partial charge on any atom is 0.306 e. The van der Waals surface area contributed by atoms with Crippen molar-refractivity contribution in [3.63, 3.8) is 0 Å². The van der Waals surface area contributed by atoms with Gasteiger partial charge in [0.1, 0.15) is 17.6 Å². The van der Waals surface area contributed by atoms with E-state index in [1.54, 1.807) is 36.2 Å². The van der Waals surface area contributed by atoms with Crippen molar-refractivity contribution >= 4 is 35.1 Å². The first-order chi connectivity index (χ1) is 19.4. The van der Waals surface area contributed by atoms with Crippen molar-refractivity contribution in [1.82, 2.24) is 4.90 Å². The normalized spacial score (nSPS) is 14.9. The van der Waals surface area contributed by atoms with Gasteiger partial charge in [0.05, 0.1) is 25.8 Å². The van der Waals surface area contributed by atoms with E-state index in [1.165, 1.54) is 7.11 Å². The third-order valence-corrected chi connectivity index (χ3v) is 7.40. The lowest BCUT2D eigenvalue weighted by atomic mass is 9.93. The molecule has 0 bridgehead atoms. The highest BCUT2D eigenvalue weighted by Crippen LogP contribution is 2.44. The van der Waals surface area contributed by atoms with E-state index in [-0.39, 0.29) is 30.1 Å². The zero-order valence-electron chi connectivity index (χ0n) is 24.7. The van der Waals surface area contributed by atoms with Gasteiger partial charge in [-0.05, 0) is 30.4 Å². The van der Waals surface area contributed by atoms with Gasteiger partial charge >= 0.3 is 5.97 Å². The average Bonchev–Trinajstić information content (AvgIpc) is 2.94. The number of carbonyl (C=O) groups is 3. The van der Waals surface area contributed by atoms with Gasteiger partial charge in [-0.2, -0.15) is 0 Å². The first-order valence-corrected chi connectivity index (χ1v) is 14.1. The molecule has 1 fully saturated rings. The molecule has 3 rings (SSSR count). The molecule has 0 radical (unpaired) electrons. The molecule has 0 aromatic heterocycles. The van der Waals surface area contributed by atoms with Gasteiger partial charge in [-0.25, -0.2) is 0 Å². The zero-order valence-corrected chi connectivity index (χ0v) is 25.5. The van der Waals surface area contributed by atoms with Crippen LogP contribution >= 0.6 is 11.6 Å². The number of nitrogens with zero attached hydrogens (tertiary/aromatic N) is 2. The fourth-order valence-electron chi connectivity index (χ4n) is 5.19. The number of piperidine rings is 1. The molecule has 1 aliphatic rings. The van der Waals surface area contributed by atoms with Crippen LogP contribution in [-0.4, -0.2) is 68.8 Å². The van der Waals surface area contributed by atoms with E-state index in [1.807, 2.05) is 45.0 Å². The molecule has 1 unspecified atom stereocenters. The summed E-state index contributed by atoms with van der Waals surface area (Å²) in [7, 11) is 4.69. The topological polar surface area (TPSA) is 106 Å². The van der Waals surface area contributed by atoms with E-state index < -0.39 is 18.0 Å². The number of para-hydroxylation sites is 1. The van der Waals surface area contributed by atoms with Crippen molar-refractivity contribution in [2.75, 3.05) is 45.9 Å². The Morgan fingerprint density at radius 1 is 1.00 bits per heavy atom. The number of carbonyl (C=O) groups excluding carboxylic acids is 2. The molecular formula is C31H41ClN2O7. The van der Waals surface area contributed by atoms with E-state index in [0.717, 1.165) is 5.56 Å². The third kappa shape index (κ3) is 8.14. The summed E-state index contributed by atoms with van der Waals surface area (Å²) < 4.78 is 17.4. The van der Waals surface area contributed by atoms with E-state index >= 15 is 0 Å². The molecule has 1 atom stereocenters. The van der Waals surface area contributed by atoms with Gasteiger partial charge in [0.15, 0.2) is 0 Å². The molecule has 9 nitrogen and oxygen atoms in total. The molecule has 1 saturated heterocycles. The van der Waals surface area contributed by atoms with Gasteiger partial charge in [0, 0.05) is 61.8 Å². The predicted octanol–water partition coefficient (Wildman–Crippen LogP) is 5.58. The molecular weight excluding hydrogens is 548 g/mol. The smallest absolute Gasteiger partial charge is 0.306 e. The second kappa shape index (κ2) is 14.0. The highest BCUT2D eigenvalue weighted by molar-refractivity contribution is 6.31. The number of hydrogen-bond acceptors (Lipinski definition) is 6. The van der Waals surface area contributed by atoms with Crippen LogP contribution in [0.25, 0.3) is 0 Å². The minimum Gasteiger partial charge on any atom is -0.496 e. The Kier molecular flexibility index (Phi) is 11.0. The van der Waals surface area contributed by atoms with Crippen LogP contribution in [0.1, 0.15) is 63.7 Å². The lowest BCUT2D eigenvalue weighted by molar-refractivity contribution is -0.145. The van der Waals surface area contributed by atoms with Gasteiger partial charge < -0.3 is 29.1 Å². The van der Waals surface area contributed by atoms with Gasteiger partial charge in [0.2, 0.25) is 11.8 Å². The van der Waals surface area contributed by atoms with Gasteiger partial charge in [-0.1, -0.05) is 50.6 Å². The summed E-state index contributed by atoms with van der Waals surface area (Å²) in [4.78, 5) is 41.5. The number of halogens is 1. The molecule has 2 amide bonds. The number of benzene rings is 2. The molecule has 1 aliphatic heterocycles. The molecule has 2 aromatic rings. The number of likely N-dealkylation sites (tertiary alicyclic amines) is 1. The predicted molar refractivity (Wildman–Crippen MR) is 158 cm³/mol. The zero-order chi connectivity index (χ0) is 30.3. The van der Waals surface area contributed by atoms with Crippen LogP contribution in [0, 0.1) is 11.3 Å². The SMILES string of the molecule is COc1ccccc1C(OC)c1cc(Cl)cc(OC)c1N(CC(C)(C)C)C(=O)CCC(=O)N1CCC(C(=O)O)CC1. The van der Waals surface area contributed by atoms with Gasteiger partial charge in [-0.15, -0.1) is 0 Å². The van der Waals surface area contributed by atoms with Crippen LogP contribution in [0.2, 0.25) is 5.02 Å². The third-order valence-electron chi connectivity index (χ3n) is 7.18. The fraction of sp³-hybridized carbons (Fsp3) is 0.516. The van der Waals surface area contributed by atoms with Crippen molar-refractivity contribution in [2.24, 2.45) is 11.3 Å². The van der Waals surface area contributed by atoms with Crippen LogP contribution in [-0.2, 0) is 19.1 Å². The largest absolute Gasteiger partial charge is 0.496 e. The number of carboxylic acid groups (broad SMARTS) is 1. The Labute approximate surface area is 247 Å². The number of ether oxygens (including phenoxy) is 3. The maximum absolute atomic E-state index is 13.9. The molecule has 10 heteroatoms. The minimum atomic E-state index is -0.833. The summed E-state index contributed by atoms with van der Waals surface area (Å²) in [6.45, 7) is 7.18. The van der Waals surface area contributed by atoms with Gasteiger partial charge in [-0.3, -0.25) is 14.4 Å². The minimum absolute atomic E-state index is 0.0165. The van der Waals surface area contributed by atoms with Crippen molar-refractivity contribution in [1.29, 1.82) is 0 Å². The van der Waals surface area contributed by atoms with Crippen molar-refractivity contribution in [2.45, 2.75) is 52.6 Å². The summed E-state index contributed by atoms with van der Waals surface area (Å²) in [5, 5.41) is 9.67. The number of anilines is 1. The number of hydrogen-bond donors (Lipinski definition) is 1. The number of amides is 2. The number of carboxylic acids is 1. The first kappa shape index (κ1) is 32.2. The quantitative estimate of drug-likeness (QED) is 0.365. The Hall–Kier alpha value is -3.30. The van der Waals surface area contributed by atoms with Crippen LogP contribution in [0.3, 0.4) is 0 Å². The average molecular weight is 589 g/mol. The molecule has 41 heavy (non-hydrogen) atoms. The van der Waals surface area contributed by atoms with Gasteiger partial charge in [0.25, 0.3) is 0 Å². The molecule has 1 N–H and O–H groups in total. The molecule has 0 saturated carbocycles. The summed E-state index contributed by atoms with van der Waals surface area (Å²) in [6.07, 6.45) is 0.185. The van der Waals surface area contributed by atoms with Crippen molar-refractivity contribution in [3.05, 3.63) is 52.5 Å². The van der Waals surface area contributed by atoms with Crippen LogP contribution in [0.4, 0.5) is 5.69 Å². The number of methoxy groups -OCH3 is 3. The van der Waals surface area contributed by atoms with Crippen LogP contribution in [0.15, 0.2) is 36.4 Å². The summed E-state index contributed by atoms with van der Waals surface area (Å²) in [6, 6.07) is 10.9. The van der Waals surface area contributed by atoms with E-state index in [0.29, 0.717) is 60.2 Å². The van der Waals surface area contributed by atoms with Crippen molar-refractivity contribution < 1.29 is 33.7 Å². The molecule has 0 spiro atoms. The summed E-state index contributed by atoms with van der Waals surface area (Å²) in [5.41, 5.74) is 1.60. The fourth-order valence-corrected chi connectivity index (χ4v) is 5.41. The Morgan fingerprint density at radius 3 is 2.20 bits per heavy atom. The van der Waals surface area contributed by atoms with Crippen molar-refractivity contribution in [3.8, 4) is 11.5 Å². The Morgan fingerprint density at radius 2 is 1.63 bits per heavy atom. The molecule has 224 valence electrons. The molecule has 0 aliphatic carbocycles. The lowest BCUT2D eigenvalue weighted by Gasteiger charge is -2.34. The monoisotopic (exact) mass is 588 g/mol. The highest BCUT2D eigenvalue weighted by atomic mass is 35.5. The number of aliphatic carboxylic acids is 1. The Bertz CT molecular complexity index is 1240.